The Bertz CT molecular complexity index is 767. The normalized spacial score (nSPS) is 11.7. The third-order valence-corrected chi connectivity index (χ3v) is 5.30. The predicted molar refractivity (Wildman–Crippen MR) is 89.4 cm³/mol. The molecule has 23 heavy (non-hydrogen) atoms. The van der Waals surface area contributed by atoms with Gasteiger partial charge in [-0.25, -0.2) is 13.1 Å². The van der Waals surface area contributed by atoms with Crippen LogP contribution in [0.25, 0.3) is 0 Å². The first-order chi connectivity index (χ1) is 10.7. The molecule has 0 fully saturated rings. The first-order valence-corrected chi connectivity index (χ1v) is 8.92. The molecule has 2 rings (SSSR count). The van der Waals surface area contributed by atoms with Gasteiger partial charge in [0.2, 0.25) is 10.0 Å². The van der Waals surface area contributed by atoms with Crippen LogP contribution in [-0.4, -0.2) is 31.8 Å². The number of rotatable bonds is 6. The topological polar surface area (TPSA) is 84.1 Å². The van der Waals surface area contributed by atoms with Crippen molar-refractivity contribution in [1.29, 1.82) is 0 Å². The number of benzene rings is 1. The van der Waals surface area contributed by atoms with Crippen LogP contribution in [0.15, 0.2) is 17.0 Å². The summed E-state index contributed by atoms with van der Waals surface area (Å²) in [6.45, 7) is 9.81. The lowest BCUT2D eigenvalue weighted by Gasteiger charge is -2.13. The van der Waals surface area contributed by atoms with E-state index in [2.05, 4.69) is 14.9 Å². The van der Waals surface area contributed by atoms with E-state index in [9.17, 15) is 8.42 Å². The molecule has 0 aliphatic heterocycles. The average molecular weight is 337 g/mol. The summed E-state index contributed by atoms with van der Waals surface area (Å²) >= 11 is 0. The Balaban J connectivity index is 1.99. The zero-order chi connectivity index (χ0) is 17.2. The van der Waals surface area contributed by atoms with Gasteiger partial charge in [-0.15, -0.1) is 0 Å². The second-order valence-electron chi connectivity index (χ2n) is 5.74. The minimum Gasteiger partial charge on any atom is -0.492 e. The number of nitrogens with zero attached hydrogens (tertiary/aromatic N) is 1. The molecule has 1 aromatic carbocycles. The molecule has 0 aliphatic carbocycles. The fourth-order valence-corrected chi connectivity index (χ4v) is 4.11. The van der Waals surface area contributed by atoms with Crippen LogP contribution in [0.2, 0.25) is 0 Å². The highest BCUT2D eigenvalue weighted by molar-refractivity contribution is 7.89. The van der Waals surface area contributed by atoms with Gasteiger partial charge in [-0.05, 0) is 45.7 Å². The van der Waals surface area contributed by atoms with E-state index in [0.717, 1.165) is 16.9 Å². The maximum absolute atomic E-state index is 12.3. The van der Waals surface area contributed by atoms with Crippen molar-refractivity contribution in [2.45, 2.75) is 39.5 Å². The Kier molecular flexibility index (Phi) is 5.11. The zero-order valence-electron chi connectivity index (χ0n) is 14.1. The van der Waals surface area contributed by atoms with E-state index in [1.807, 2.05) is 32.9 Å². The maximum Gasteiger partial charge on any atom is 0.244 e. The highest BCUT2D eigenvalue weighted by Crippen LogP contribution is 2.24. The lowest BCUT2D eigenvalue weighted by atomic mass is 10.1. The van der Waals surface area contributed by atoms with E-state index >= 15 is 0 Å². The number of hydrogen-bond acceptors (Lipinski definition) is 4. The molecule has 2 N–H and O–H groups in total. The van der Waals surface area contributed by atoms with Crippen molar-refractivity contribution < 1.29 is 13.2 Å². The number of hydrogen-bond donors (Lipinski definition) is 2. The third-order valence-electron chi connectivity index (χ3n) is 3.57. The summed E-state index contributed by atoms with van der Waals surface area (Å²) in [5.74, 6) is 0.811. The van der Waals surface area contributed by atoms with Crippen molar-refractivity contribution in [3.8, 4) is 5.75 Å². The number of aromatic amines is 1. The van der Waals surface area contributed by atoms with E-state index in [-0.39, 0.29) is 18.0 Å². The zero-order valence-corrected chi connectivity index (χ0v) is 15.0. The van der Waals surface area contributed by atoms with Gasteiger partial charge < -0.3 is 4.74 Å². The summed E-state index contributed by atoms with van der Waals surface area (Å²) in [5, 5.41) is 6.59. The summed E-state index contributed by atoms with van der Waals surface area (Å²) < 4.78 is 32.9. The van der Waals surface area contributed by atoms with E-state index in [1.165, 1.54) is 5.56 Å². The Morgan fingerprint density at radius 3 is 2.26 bits per heavy atom. The molecule has 0 amide bonds. The van der Waals surface area contributed by atoms with Crippen molar-refractivity contribution in [3.63, 3.8) is 0 Å². The molecule has 1 heterocycles. The van der Waals surface area contributed by atoms with Gasteiger partial charge in [0.1, 0.15) is 17.3 Å². The van der Waals surface area contributed by atoms with Crippen molar-refractivity contribution in [3.05, 3.63) is 40.2 Å². The Labute approximate surface area is 137 Å². The number of aromatic nitrogens is 2. The van der Waals surface area contributed by atoms with Crippen LogP contribution >= 0.6 is 0 Å². The number of H-pyrrole nitrogens is 1. The largest absolute Gasteiger partial charge is 0.492 e. The summed E-state index contributed by atoms with van der Waals surface area (Å²) in [7, 11) is -3.58. The molecule has 0 unspecified atom stereocenters. The number of sulfonamides is 1. The van der Waals surface area contributed by atoms with E-state index in [1.54, 1.807) is 13.8 Å². The average Bonchev–Trinajstić information content (AvgIpc) is 2.76. The fraction of sp³-hybridized carbons (Fsp3) is 0.438. The van der Waals surface area contributed by atoms with E-state index in [4.69, 9.17) is 4.74 Å². The smallest absolute Gasteiger partial charge is 0.244 e. The molecule has 0 atom stereocenters. The molecule has 2 aromatic rings. The molecule has 0 saturated heterocycles. The second kappa shape index (κ2) is 6.72. The van der Waals surface area contributed by atoms with Crippen LogP contribution in [0.1, 0.15) is 28.1 Å². The number of aryl methyl sites for hydroxylation is 5. The minimum atomic E-state index is -3.58. The van der Waals surface area contributed by atoms with Gasteiger partial charge in [0.05, 0.1) is 11.4 Å². The van der Waals surface area contributed by atoms with Crippen molar-refractivity contribution in [2.24, 2.45) is 0 Å². The molecular formula is C16H23N3O3S. The second-order valence-corrected chi connectivity index (χ2v) is 7.44. The highest BCUT2D eigenvalue weighted by atomic mass is 32.2. The van der Waals surface area contributed by atoms with Gasteiger partial charge in [0.25, 0.3) is 0 Å². The SMILES string of the molecule is Cc1cc(C)c(OCCNS(=O)(=O)c2c(C)n[nH]c2C)c(C)c1. The van der Waals surface area contributed by atoms with Gasteiger partial charge in [-0.2, -0.15) is 5.10 Å². The quantitative estimate of drug-likeness (QED) is 0.792. The summed E-state index contributed by atoms with van der Waals surface area (Å²) in [6, 6.07) is 4.09. The molecule has 6 nitrogen and oxygen atoms in total. The Morgan fingerprint density at radius 2 is 1.74 bits per heavy atom. The molecule has 0 aliphatic rings. The van der Waals surface area contributed by atoms with Crippen LogP contribution in [0.4, 0.5) is 0 Å². The first kappa shape index (κ1) is 17.5. The van der Waals surface area contributed by atoms with Crippen molar-refractivity contribution in [1.82, 2.24) is 14.9 Å². The molecule has 0 saturated carbocycles. The van der Waals surface area contributed by atoms with Crippen molar-refractivity contribution in [2.75, 3.05) is 13.2 Å². The van der Waals surface area contributed by atoms with Crippen LogP contribution in [-0.2, 0) is 10.0 Å². The van der Waals surface area contributed by atoms with E-state index in [0.29, 0.717) is 11.4 Å². The predicted octanol–water partition coefficient (Wildman–Crippen LogP) is 2.31. The molecule has 7 heteroatoms. The standard InChI is InChI=1S/C16H23N3O3S/c1-10-8-11(2)15(12(3)9-10)22-7-6-17-23(20,21)16-13(4)18-19-14(16)5/h8-9,17H,6-7H2,1-5H3,(H,18,19). The van der Waals surface area contributed by atoms with Crippen LogP contribution in [0, 0.1) is 34.6 Å². The summed E-state index contributed by atoms with van der Waals surface area (Å²) in [4.78, 5) is 0.209. The monoisotopic (exact) mass is 337 g/mol. The molecule has 0 spiro atoms. The first-order valence-electron chi connectivity index (χ1n) is 7.44. The molecule has 126 valence electrons. The lowest BCUT2D eigenvalue weighted by Crippen LogP contribution is -2.29. The van der Waals surface area contributed by atoms with Crippen molar-refractivity contribution >= 4 is 10.0 Å². The molecule has 1 aromatic heterocycles. The molecule has 0 radical (unpaired) electrons. The molecule has 0 bridgehead atoms. The van der Waals surface area contributed by atoms with Gasteiger partial charge in [0, 0.05) is 6.54 Å². The molecular weight excluding hydrogens is 314 g/mol. The van der Waals surface area contributed by atoms with Gasteiger partial charge in [-0.3, -0.25) is 5.10 Å². The van der Waals surface area contributed by atoms with Crippen LogP contribution in [0.3, 0.4) is 0 Å². The highest BCUT2D eigenvalue weighted by Gasteiger charge is 2.21. The lowest BCUT2D eigenvalue weighted by molar-refractivity contribution is 0.318. The Morgan fingerprint density at radius 1 is 1.13 bits per heavy atom. The minimum absolute atomic E-state index is 0.194. The fourth-order valence-electron chi connectivity index (χ4n) is 2.73. The number of nitrogens with one attached hydrogen (secondary N) is 2. The number of ether oxygens (including phenoxy) is 1. The van der Waals surface area contributed by atoms with Gasteiger partial charge in [0.15, 0.2) is 0 Å². The summed E-state index contributed by atoms with van der Waals surface area (Å²) in [5.41, 5.74) is 4.26. The summed E-state index contributed by atoms with van der Waals surface area (Å²) in [6.07, 6.45) is 0. The van der Waals surface area contributed by atoms with Gasteiger partial charge in [-0.1, -0.05) is 17.7 Å². The maximum atomic E-state index is 12.3. The van der Waals surface area contributed by atoms with Crippen LogP contribution < -0.4 is 9.46 Å². The Hall–Kier alpha value is -1.86. The van der Waals surface area contributed by atoms with Crippen LogP contribution in [0.5, 0.6) is 5.75 Å². The third kappa shape index (κ3) is 3.92. The van der Waals surface area contributed by atoms with E-state index < -0.39 is 10.0 Å². The van der Waals surface area contributed by atoms with Gasteiger partial charge >= 0.3 is 0 Å².